The van der Waals surface area contributed by atoms with Crippen molar-refractivity contribution in [2.24, 2.45) is 5.92 Å². The molecule has 1 aliphatic rings. The van der Waals surface area contributed by atoms with Crippen molar-refractivity contribution in [1.29, 1.82) is 0 Å². The predicted octanol–water partition coefficient (Wildman–Crippen LogP) is 7.80. The van der Waals surface area contributed by atoms with Crippen LogP contribution in [0.5, 0.6) is 0 Å². The molecule has 3 rings (SSSR count). The maximum Gasteiger partial charge on any atom is 0.127 e. The highest BCUT2D eigenvalue weighted by Gasteiger charge is 2.41. The molecule has 1 fully saturated rings. The van der Waals surface area contributed by atoms with Gasteiger partial charge in [0, 0.05) is 5.41 Å². The summed E-state index contributed by atoms with van der Waals surface area (Å²) < 4.78 is 29.5. The van der Waals surface area contributed by atoms with E-state index in [1.807, 2.05) is 24.3 Å². The first kappa shape index (κ1) is 20.0. The molecule has 0 aliphatic heterocycles. The molecule has 0 unspecified atom stereocenters. The normalized spacial score (nSPS) is 17.1. The van der Waals surface area contributed by atoms with Gasteiger partial charge >= 0.3 is 0 Å². The zero-order chi connectivity index (χ0) is 19.1. The Morgan fingerprint density at radius 2 is 1.30 bits per heavy atom. The van der Waals surface area contributed by atoms with E-state index in [4.69, 9.17) is 0 Å². The Morgan fingerprint density at radius 3 is 1.81 bits per heavy atom. The molecular formula is C25H32F2. The fourth-order valence-corrected chi connectivity index (χ4v) is 4.88. The first-order valence-electron chi connectivity index (χ1n) is 10.7. The highest BCUT2D eigenvalue weighted by molar-refractivity contribution is 5.41. The largest absolute Gasteiger partial charge is 0.207 e. The van der Waals surface area contributed by atoms with Gasteiger partial charge in [-0.1, -0.05) is 81.8 Å². The highest BCUT2D eigenvalue weighted by Crippen LogP contribution is 2.48. The Morgan fingerprint density at radius 1 is 0.778 bits per heavy atom. The van der Waals surface area contributed by atoms with Crippen molar-refractivity contribution < 1.29 is 8.78 Å². The van der Waals surface area contributed by atoms with Gasteiger partial charge < -0.3 is 0 Å². The second-order valence-corrected chi connectivity index (χ2v) is 8.19. The third-order valence-corrected chi connectivity index (χ3v) is 6.45. The lowest BCUT2D eigenvalue weighted by Crippen LogP contribution is -2.35. The van der Waals surface area contributed by atoms with Crippen molar-refractivity contribution in [3.05, 3.63) is 71.3 Å². The summed E-state index contributed by atoms with van der Waals surface area (Å²) in [6.45, 7) is 2.24. The fraction of sp³-hybridized carbons (Fsp3) is 0.520. The number of unbranched alkanes of at least 4 members (excludes halogenated alkanes) is 4. The summed E-state index contributed by atoms with van der Waals surface area (Å²) in [4.78, 5) is 0. The third-order valence-electron chi connectivity index (χ3n) is 6.45. The first-order valence-corrected chi connectivity index (χ1v) is 10.7. The molecule has 0 nitrogen and oxygen atoms in total. The minimum Gasteiger partial charge on any atom is -0.207 e. The first-order chi connectivity index (χ1) is 13.2. The van der Waals surface area contributed by atoms with Crippen LogP contribution in [-0.2, 0) is 5.41 Å². The van der Waals surface area contributed by atoms with Crippen LogP contribution >= 0.6 is 0 Å². The van der Waals surface area contributed by atoms with Crippen LogP contribution in [0.25, 0.3) is 0 Å². The average Bonchev–Trinajstić information content (AvgIpc) is 2.69. The van der Waals surface area contributed by atoms with Crippen LogP contribution in [-0.4, -0.2) is 0 Å². The molecule has 1 aliphatic carbocycles. The van der Waals surface area contributed by atoms with Crippen molar-refractivity contribution in [3.8, 4) is 0 Å². The highest BCUT2D eigenvalue weighted by atomic mass is 19.1. The van der Waals surface area contributed by atoms with Crippen molar-refractivity contribution in [1.82, 2.24) is 0 Å². The summed E-state index contributed by atoms with van der Waals surface area (Å²) >= 11 is 0. The minimum atomic E-state index is -0.532. The fourth-order valence-electron chi connectivity index (χ4n) is 4.88. The van der Waals surface area contributed by atoms with Gasteiger partial charge in [0.25, 0.3) is 0 Å². The smallest absolute Gasteiger partial charge is 0.127 e. The summed E-state index contributed by atoms with van der Waals surface area (Å²) in [5.41, 5.74) is 0.795. The van der Waals surface area contributed by atoms with Crippen LogP contribution in [0.15, 0.2) is 48.5 Å². The molecule has 0 spiro atoms. The zero-order valence-corrected chi connectivity index (χ0v) is 16.5. The molecule has 2 aromatic rings. The van der Waals surface area contributed by atoms with Gasteiger partial charge in [0.15, 0.2) is 0 Å². The Bertz CT molecular complexity index is 666. The van der Waals surface area contributed by atoms with E-state index >= 15 is 0 Å². The molecule has 0 N–H and O–H groups in total. The summed E-state index contributed by atoms with van der Waals surface area (Å²) in [7, 11) is 0. The summed E-state index contributed by atoms with van der Waals surface area (Å²) in [6, 6.07) is 13.9. The number of halogens is 2. The van der Waals surface area contributed by atoms with Gasteiger partial charge in [-0.05, 0) is 54.9 Å². The van der Waals surface area contributed by atoms with Gasteiger partial charge in [0.1, 0.15) is 11.6 Å². The van der Waals surface area contributed by atoms with Gasteiger partial charge in [0.05, 0.1) is 0 Å². The van der Waals surface area contributed by atoms with Gasteiger partial charge in [-0.25, -0.2) is 8.78 Å². The van der Waals surface area contributed by atoms with Crippen LogP contribution in [0.1, 0.15) is 82.3 Å². The lowest BCUT2D eigenvalue weighted by atomic mass is 9.62. The number of benzene rings is 2. The van der Waals surface area contributed by atoms with Gasteiger partial charge in [-0.3, -0.25) is 0 Å². The second kappa shape index (κ2) is 9.48. The van der Waals surface area contributed by atoms with E-state index in [1.165, 1.54) is 50.7 Å². The maximum atomic E-state index is 14.7. The van der Waals surface area contributed by atoms with E-state index in [0.717, 1.165) is 25.7 Å². The van der Waals surface area contributed by atoms with Crippen LogP contribution in [0.4, 0.5) is 8.78 Å². The van der Waals surface area contributed by atoms with E-state index in [2.05, 4.69) is 6.92 Å². The van der Waals surface area contributed by atoms with Crippen LogP contribution in [0.3, 0.4) is 0 Å². The molecule has 146 valence electrons. The lowest BCUT2D eigenvalue weighted by molar-refractivity contribution is 0.241. The zero-order valence-electron chi connectivity index (χ0n) is 16.5. The number of rotatable bonds is 8. The quantitative estimate of drug-likeness (QED) is 0.416. The summed E-state index contributed by atoms with van der Waals surface area (Å²) in [6.07, 6.45) is 11.6. The summed E-state index contributed by atoms with van der Waals surface area (Å²) in [5, 5.41) is 0. The second-order valence-electron chi connectivity index (χ2n) is 8.19. The Balaban J connectivity index is 1.77. The lowest BCUT2D eigenvalue weighted by Gasteiger charge is -2.41. The average molecular weight is 371 g/mol. The van der Waals surface area contributed by atoms with E-state index in [-0.39, 0.29) is 11.6 Å². The van der Waals surface area contributed by atoms with Crippen LogP contribution in [0, 0.1) is 17.6 Å². The van der Waals surface area contributed by atoms with E-state index in [0.29, 0.717) is 17.0 Å². The van der Waals surface area contributed by atoms with Crippen molar-refractivity contribution >= 4 is 0 Å². The monoisotopic (exact) mass is 370 g/mol. The maximum absolute atomic E-state index is 14.7. The molecule has 0 aromatic heterocycles. The van der Waals surface area contributed by atoms with Gasteiger partial charge in [0.2, 0.25) is 0 Å². The molecule has 2 heteroatoms. The van der Waals surface area contributed by atoms with Crippen molar-refractivity contribution in [2.45, 2.75) is 76.5 Å². The Kier molecular flexibility index (Phi) is 7.04. The molecule has 0 bridgehead atoms. The van der Waals surface area contributed by atoms with E-state index < -0.39 is 5.41 Å². The van der Waals surface area contributed by atoms with Crippen LogP contribution < -0.4 is 0 Å². The van der Waals surface area contributed by atoms with Gasteiger partial charge in [-0.2, -0.15) is 0 Å². The minimum absolute atomic E-state index is 0.209. The molecule has 27 heavy (non-hydrogen) atoms. The summed E-state index contributed by atoms with van der Waals surface area (Å²) in [5.74, 6) is 0.274. The molecular weight excluding hydrogens is 338 g/mol. The predicted molar refractivity (Wildman–Crippen MR) is 109 cm³/mol. The molecule has 0 amide bonds. The molecule has 0 heterocycles. The van der Waals surface area contributed by atoms with E-state index in [1.54, 1.807) is 12.1 Å². The number of hydrogen-bond acceptors (Lipinski definition) is 0. The molecule has 2 aromatic carbocycles. The van der Waals surface area contributed by atoms with Crippen LogP contribution in [0.2, 0.25) is 0 Å². The molecule has 1 saturated carbocycles. The third kappa shape index (κ3) is 4.59. The number of hydrogen-bond donors (Lipinski definition) is 0. The Hall–Kier alpha value is -1.70. The standard InChI is InChI=1S/C25H32F2/c1-2-3-4-5-6-11-20-16-18-25(19-17-20,21-12-7-9-14-23(21)26)22-13-8-10-15-24(22)27/h7-10,12-15,20H,2-6,11,16-19H2,1H3. The SMILES string of the molecule is CCCCCCCC1CCC(c2ccccc2F)(c2ccccc2F)CC1. The topological polar surface area (TPSA) is 0 Å². The molecule has 0 saturated heterocycles. The van der Waals surface area contributed by atoms with Crippen molar-refractivity contribution in [3.63, 3.8) is 0 Å². The molecule has 0 radical (unpaired) electrons. The van der Waals surface area contributed by atoms with Gasteiger partial charge in [-0.15, -0.1) is 0 Å². The Labute approximate surface area is 163 Å². The van der Waals surface area contributed by atoms with E-state index in [9.17, 15) is 8.78 Å². The molecule has 0 atom stereocenters. The van der Waals surface area contributed by atoms with Crippen molar-refractivity contribution in [2.75, 3.05) is 0 Å².